The molecule has 29 heavy (non-hydrogen) atoms. The molecule has 0 bridgehead atoms. The summed E-state index contributed by atoms with van der Waals surface area (Å²) in [6.45, 7) is 10.2. The normalized spacial score (nSPS) is 25.5. The molecule has 3 atom stereocenters. The third kappa shape index (κ3) is 5.21. The first-order chi connectivity index (χ1) is 12.7. The zero-order valence-corrected chi connectivity index (χ0v) is 22.6. The van der Waals surface area contributed by atoms with Crippen LogP contribution in [0.4, 0.5) is 0 Å². The number of aliphatic hydroxyl groups is 1. The van der Waals surface area contributed by atoms with Crippen molar-refractivity contribution in [2.75, 3.05) is 7.11 Å². The topological polar surface area (TPSA) is 68.7 Å². The molecule has 0 aromatic carbocycles. The number of terminal acetylenes is 2. The van der Waals surface area contributed by atoms with Crippen molar-refractivity contribution in [1.82, 2.24) is 0 Å². The van der Waals surface area contributed by atoms with E-state index in [1.807, 2.05) is 0 Å². The summed E-state index contributed by atoms with van der Waals surface area (Å²) >= 11 is 0. The van der Waals surface area contributed by atoms with Crippen LogP contribution in [0, 0.1) is 59.7 Å². The van der Waals surface area contributed by atoms with Crippen LogP contribution < -0.4 is 58.2 Å². The molecule has 0 amide bonds. The molecule has 1 aliphatic rings. The van der Waals surface area contributed by atoms with Gasteiger partial charge in [-0.2, -0.15) is 0 Å². The van der Waals surface area contributed by atoms with E-state index in [9.17, 15) is 5.11 Å². The fraction of sp³-hybridized carbons (Fsp3) is 0.375. The largest absolute Gasteiger partial charge is 1.00 e. The summed E-state index contributed by atoms with van der Waals surface area (Å²) in [7, 11) is 1.45. The second-order valence-electron chi connectivity index (χ2n) is 6.22. The van der Waals surface area contributed by atoms with Crippen LogP contribution in [0.5, 0.6) is 0 Å². The Morgan fingerprint density at radius 2 is 1.86 bits per heavy atom. The van der Waals surface area contributed by atoms with E-state index in [1.165, 1.54) is 7.11 Å². The molecular weight excluding hydrogens is 438 g/mol. The Bertz CT molecular complexity index is 978. The average molecular weight is 460 g/mol. The minimum absolute atomic E-state index is 0. The minimum atomic E-state index is -1.62. The van der Waals surface area contributed by atoms with E-state index in [0.29, 0.717) is 11.5 Å². The van der Waals surface area contributed by atoms with E-state index in [2.05, 4.69) is 65.0 Å². The van der Waals surface area contributed by atoms with Gasteiger partial charge in [0.2, 0.25) is 0 Å². The van der Waals surface area contributed by atoms with Gasteiger partial charge in [-0.05, 0) is 55.1 Å². The monoisotopic (exact) mass is 459 g/mol. The molecule has 1 fully saturated rings. The first-order valence-corrected chi connectivity index (χ1v) is 8.03. The predicted octanol–water partition coefficient (Wildman–Crippen LogP) is -0.624. The van der Waals surface area contributed by atoms with Crippen LogP contribution in [0.2, 0.25) is 0 Å². The van der Waals surface area contributed by atoms with Crippen LogP contribution in [0.1, 0.15) is 27.7 Å². The van der Waals surface area contributed by atoms with E-state index in [4.69, 9.17) is 22.3 Å². The number of aliphatic hydroxyl groups excluding tert-OH is 1. The molecule has 1 saturated heterocycles. The molecule has 1 aliphatic heterocycles. The van der Waals surface area contributed by atoms with Gasteiger partial charge >= 0.3 is 58.2 Å². The van der Waals surface area contributed by atoms with Crippen molar-refractivity contribution < 1.29 is 78.2 Å². The second kappa shape index (κ2) is 12.3. The van der Waals surface area contributed by atoms with Gasteiger partial charge in [0.25, 0.3) is 0 Å². The van der Waals surface area contributed by atoms with E-state index in [0.717, 1.165) is 0 Å². The van der Waals surface area contributed by atoms with Crippen LogP contribution in [0.15, 0.2) is 35.1 Å². The van der Waals surface area contributed by atoms with Gasteiger partial charge in [-0.3, -0.25) is 5.92 Å². The van der Waals surface area contributed by atoms with Crippen molar-refractivity contribution in [3.63, 3.8) is 0 Å². The Morgan fingerprint density at radius 3 is 2.31 bits per heavy atom. The molecule has 0 radical (unpaired) electrons. The van der Waals surface area contributed by atoms with Crippen molar-refractivity contribution in [2.24, 2.45) is 5.41 Å². The maximum atomic E-state index is 10.7. The molecule has 0 aliphatic carbocycles. The standard InChI is InChI=1S/C24H21O3.H2O.Rb/c1-9-13-15-16-19(5)23(18-14-10-2)24(26-8,17-11-3)20(12-4)22(6,7)21(25)27-23;;/h2,4,21,25H,1H2,3,5-8H3;1H2;/q-1;;+1/p-1/t21-,23?,24?;;/m1../s1. The van der Waals surface area contributed by atoms with Crippen molar-refractivity contribution in [3.05, 3.63) is 41.0 Å². The Labute approximate surface area is 222 Å². The summed E-state index contributed by atoms with van der Waals surface area (Å²) in [4.78, 5) is 0. The summed E-state index contributed by atoms with van der Waals surface area (Å²) in [5.41, 5.74) is 6.80. The Kier molecular flexibility index (Phi) is 12.7. The smallest absolute Gasteiger partial charge is 0.870 e. The van der Waals surface area contributed by atoms with Gasteiger partial charge in [0, 0.05) is 12.7 Å². The maximum absolute atomic E-state index is 10.7. The van der Waals surface area contributed by atoms with Gasteiger partial charge in [0.15, 0.2) is 11.9 Å². The zero-order chi connectivity index (χ0) is 20.7. The average Bonchev–Trinajstić information content (AvgIpc) is 2.63. The molecule has 4 nitrogen and oxygen atoms in total. The van der Waals surface area contributed by atoms with Crippen molar-refractivity contribution in [3.8, 4) is 48.4 Å². The van der Waals surface area contributed by atoms with Crippen LogP contribution in [0.25, 0.3) is 0 Å². The number of hydrogen-bond donors (Lipinski definition) is 1. The van der Waals surface area contributed by atoms with E-state index in [-0.39, 0.29) is 63.7 Å². The summed E-state index contributed by atoms with van der Waals surface area (Å²) in [6, 6.07) is 0. The fourth-order valence-corrected chi connectivity index (χ4v) is 3.01. The Balaban J connectivity index is 0. The molecule has 0 spiro atoms. The van der Waals surface area contributed by atoms with Crippen LogP contribution in [0.3, 0.4) is 0 Å². The van der Waals surface area contributed by atoms with Gasteiger partial charge in [0.1, 0.15) is 5.60 Å². The number of hydrogen-bond acceptors (Lipinski definition) is 4. The molecule has 0 aromatic rings. The maximum Gasteiger partial charge on any atom is 1.00 e. The summed E-state index contributed by atoms with van der Waals surface area (Å²) in [6.07, 6.45) is 9.87. The van der Waals surface area contributed by atoms with Gasteiger partial charge in [-0.25, -0.2) is 0 Å². The van der Waals surface area contributed by atoms with E-state index < -0.39 is 22.9 Å². The first-order valence-electron chi connectivity index (χ1n) is 8.03. The van der Waals surface area contributed by atoms with Crippen molar-refractivity contribution in [2.45, 2.75) is 45.2 Å². The molecule has 5 heteroatoms. The molecule has 0 saturated carbocycles. The van der Waals surface area contributed by atoms with Gasteiger partial charge in [0.05, 0.1) is 0 Å². The van der Waals surface area contributed by atoms with Crippen molar-refractivity contribution in [1.29, 1.82) is 0 Å². The number of rotatable bonds is 2. The third-order valence-corrected chi connectivity index (χ3v) is 4.39. The number of methoxy groups -OCH3 is 1. The molecule has 1 rings (SSSR count). The Morgan fingerprint density at radius 1 is 1.24 bits per heavy atom. The number of ether oxygens (including phenoxy) is 2. The Hall–Kier alpha value is -1.38. The second-order valence-corrected chi connectivity index (χ2v) is 6.22. The van der Waals surface area contributed by atoms with Crippen LogP contribution in [-0.2, 0) is 9.47 Å². The third-order valence-electron chi connectivity index (χ3n) is 4.39. The van der Waals surface area contributed by atoms with Gasteiger partial charge < -0.3 is 26.5 Å². The molecular formula is C24H22O4Rb-. The summed E-state index contributed by atoms with van der Waals surface area (Å²) in [5.74, 6) is 16.5. The summed E-state index contributed by atoms with van der Waals surface area (Å²) in [5, 5.41) is 10.7. The molecule has 144 valence electrons. The van der Waals surface area contributed by atoms with Gasteiger partial charge in [-0.15, -0.1) is 18.3 Å². The zero-order valence-electron chi connectivity index (χ0n) is 17.7. The SMILES string of the molecule is C#CC#CC1(C(C)=C=C=C=C=C)O[C@@H](O)C(C)(C)[C-](C#C)C1(C#CC)OC.[OH-].[Rb+]. The van der Waals surface area contributed by atoms with Crippen LogP contribution >= 0.6 is 0 Å². The fourth-order valence-electron chi connectivity index (χ4n) is 3.01. The predicted molar refractivity (Wildman–Crippen MR) is 106 cm³/mol. The van der Waals surface area contributed by atoms with Crippen LogP contribution in [-0.4, -0.2) is 35.2 Å². The molecule has 0 aromatic heterocycles. The van der Waals surface area contributed by atoms with E-state index >= 15 is 0 Å². The van der Waals surface area contributed by atoms with E-state index in [1.54, 1.807) is 27.7 Å². The molecule has 2 N–H and O–H groups in total. The first kappa shape index (κ1) is 29.8. The molecule has 1 heterocycles. The minimum Gasteiger partial charge on any atom is -0.870 e. The van der Waals surface area contributed by atoms with Gasteiger partial charge in [-0.1, -0.05) is 31.2 Å². The summed E-state index contributed by atoms with van der Waals surface area (Å²) < 4.78 is 11.9. The molecule has 2 unspecified atom stereocenters. The quantitative estimate of drug-likeness (QED) is 0.339. The van der Waals surface area contributed by atoms with Crippen molar-refractivity contribution >= 4 is 0 Å².